The van der Waals surface area contributed by atoms with Crippen LogP contribution in [0.5, 0.6) is 5.88 Å². The Hall–Kier alpha value is -2.85. The van der Waals surface area contributed by atoms with E-state index in [1.165, 1.54) is 12.4 Å². The number of hydrogen-bond donors (Lipinski definition) is 1. The molecule has 1 aliphatic rings. The lowest BCUT2D eigenvalue weighted by atomic mass is 9.99. The molecule has 0 radical (unpaired) electrons. The Morgan fingerprint density at radius 1 is 1.37 bits per heavy atom. The number of aliphatic imine (C=N–C) groups is 1. The molecule has 0 bridgehead atoms. The zero-order chi connectivity index (χ0) is 19.1. The largest absolute Gasteiger partial charge is 0.463 e. The van der Waals surface area contributed by atoms with Gasteiger partial charge in [-0.25, -0.2) is 9.97 Å². The SMILES string of the molecule is CC#CCOc1cnc(C(=O)Cc2cccc(C3CCSC(N)=N3)c2)cn1. The molecule has 27 heavy (non-hydrogen) atoms. The van der Waals surface area contributed by atoms with Gasteiger partial charge in [-0.05, 0) is 24.5 Å². The molecular weight excluding hydrogens is 360 g/mol. The van der Waals surface area contributed by atoms with E-state index in [9.17, 15) is 4.79 Å². The minimum Gasteiger partial charge on any atom is -0.463 e. The summed E-state index contributed by atoms with van der Waals surface area (Å²) in [5.74, 6) is 6.72. The molecule has 0 fully saturated rings. The second kappa shape index (κ2) is 9.19. The molecule has 2 aromatic rings. The van der Waals surface area contributed by atoms with Crippen LogP contribution in [0.25, 0.3) is 0 Å². The number of carbonyl (C=O) groups is 1. The second-order valence-electron chi connectivity index (χ2n) is 5.92. The Morgan fingerprint density at radius 3 is 3.00 bits per heavy atom. The van der Waals surface area contributed by atoms with Crippen LogP contribution >= 0.6 is 11.8 Å². The molecule has 1 atom stereocenters. The van der Waals surface area contributed by atoms with Crippen LogP contribution in [-0.2, 0) is 6.42 Å². The number of Topliss-reactive ketones (excluding diaryl/α,β-unsaturated/α-hetero) is 1. The number of aromatic nitrogens is 2. The standard InChI is InChI=1S/C20H20N4O2S/c1-2-3-8-26-19-13-22-17(12-23-19)18(25)11-14-5-4-6-15(10-14)16-7-9-27-20(21)24-16/h4-6,10,12-13,16H,7-9,11H2,1H3,(H2,21,24). The van der Waals surface area contributed by atoms with Crippen molar-refractivity contribution in [2.45, 2.75) is 25.8 Å². The highest BCUT2D eigenvalue weighted by molar-refractivity contribution is 8.13. The number of nitrogens with zero attached hydrogens (tertiary/aromatic N) is 3. The Morgan fingerprint density at radius 2 is 2.26 bits per heavy atom. The molecule has 2 heterocycles. The molecule has 2 N–H and O–H groups in total. The lowest BCUT2D eigenvalue weighted by molar-refractivity contribution is 0.0987. The Bertz CT molecular complexity index is 900. The zero-order valence-electron chi connectivity index (χ0n) is 15.0. The molecule has 1 unspecified atom stereocenters. The zero-order valence-corrected chi connectivity index (χ0v) is 15.8. The van der Waals surface area contributed by atoms with Gasteiger partial charge in [0, 0.05) is 12.2 Å². The fourth-order valence-corrected chi connectivity index (χ4v) is 3.43. The smallest absolute Gasteiger partial charge is 0.233 e. The fourth-order valence-electron chi connectivity index (χ4n) is 2.67. The number of hydrogen-bond acceptors (Lipinski definition) is 7. The number of ketones is 1. The van der Waals surface area contributed by atoms with Crippen molar-refractivity contribution >= 4 is 22.7 Å². The summed E-state index contributed by atoms with van der Waals surface area (Å²) in [5, 5.41) is 0.621. The average Bonchev–Trinajstić information content (AvgIpc) is 2.69. The molecule has 0 aliphatic carbocycles. The first kappa shape index (κ1) is 18.9. The molecule has 1 aliphatic heterocycles. The third-order valence-electron chi connectivity index (χ3n) is 4.01. The van der Waals surface area contributed by atoms with Crippen LogP contribution in [0.3, 0.4) is 0 Å². The van der Waals surface area contributed by atoms with Crippen LogP contribution in [0.2, 0.25) is 0 Å². The molecule has 6 nitrogen and oxygen atoms in total. The van der Waals surface area contributed by atoms with E-state index in [0.717, 1.165) is 23.3 Å². The van der Waals surface area contributed by atoms with Gasteiger partial charge in [-0.15, -0.1) is 5.92 Å². The Balaban J connectivity index is 1.66. The van der Waals surface area contributed by atoms with Crippen LogP contribution in [0, 0.1) is 11.8 Å². The van der Waals surface area contributed by atoms with E-state index in [0.29, 0.717) is 16.7 Å². The summed E-state index contributed by atoms with van der Waals surface area (Å²) in [5.41, 5.74) is 8.14. The minimum absolute atomic E-state index is 0.0590. The summed E-state index contributed by atoms with van der Waals surface area (Å²) in [4.78, 5) is 25.3. The number of amidine groups is 1. The summed E-state index contributed by atoms with van der Waals surface area (Å²) < 4.78 is 5.31. The van der Waals surface area contributed by atoms with Crippen molar-refractivity contribution in [1.29, 1.82) is 0 Å². The Labute approximate surface area is 162 Å². The van der Waals surface area contributed by atoms with Gasteiger partial charge < -0.3 is 10.5 Å². The lowest BCUT2D eigenvalue weighted by Gasteiger charge is -2.18. The maximum Gasteiger partial charge on any atom is 0.233 e. The summed E-state index contributed by atoms with van der Waals surface area (Å²) in [7, 11) is 0. The molecule has 1 aromatic carbocycles. The van der Waals surface area contributed by atoms with E-state index in [1.54, 1.807) is 18.7 Å². The van der Waals surface area contributed by atoms with Crippen molar-refractivity contribution in [3.63, 3.8) is 0 Å². The van der Waals surface area contributed by atoms with Crippen LogP contribution in [0.15, 0.2) is 41.7 Å². The maximum absolute atomic E-state index is 12.5. The fraction of sp³-hybridized carbons (Fsp3) is 0.300. The number of thioether (sulfide) groups is 1. The van der Waals surface area contributed by atoms with Crippen molar-refractivity contribution < 1.29 is 9.53 Å². The predicted molar refractivity (Wildman–Crippen MR) is 107 cm³/mol. The first-order valence-electron chi connectivity index (χ1n) is 8.58. The molecule has 3 rings (SSSR count). The number of carbonyl (C=O) groups excluding carboxylic acids is 1. The van der Waals surface area contributed by atoms with Gasteiger partial charge in [0.25, 0.3) is 0 Å². The van der Waals surface area contributed by atoms with E-state index in [-0.39, 0.29) is 24.9 Å². The summed E-state index contributed by atoms with van der Waals surface area (Å²) in [6.45, 7) is 1.98. The third kappa shape index (κ3) is 5.31. The van der Waals surface area contributed by atoms with Crippen LogP contribution in [0.1, 0.15) is 41.0 Å². The quantitative estimate of drug-likeness (QED) is 0.612. The van der Waals surface area contributed by atoms with Crippen LogP contribution < -0.4 is 10.5 Å². The van der Waals surface area contributed by atoms with Gasteiger partial charge in [-0.1, -0.05) is 41.9 Å². The maximum atomic E-state index is 12.5. The van der Waals surface area contributed by atoms with Gasteiger partial charge in [-0.3, -0.25) is 9.79 Å². The number of rotatable bonds is 6. The average molecular weight is 380 g/mol. The number of nitrogens with two attached hydrogens (primary N) is 1. The number of ether oxygens (including phenoxy) is 1. The minimum atomic E-state index is -0.0956. The van der Waals surface area contributed by atoms with E-state index < -0.39 is 0 Å². The van der Waals surface area contributed by atoms with Crippen molar-refractivity contribution in [3.05, 3.63) is 53.5 Å². The Kier molecular flexibility index (Phi) is 6.44. The molecular formula is C20H20N4O2S. The van der Waals surface area contributed by atoms with Gasteiger partial charge in [-0.2, -0.15) is 0 Å². The normalized spacial score (nSPS) is 16.0. The summed E-state index contributed by atoms with van der Waals surface area (Å²) in [6.07, 6.45) is 4.07. The van der Waals surface area contributed by atoms with E-state index in [4.69, 9.17) is 10.5 Å². The van der Waals surface area contributed by atoms with Crippen molar-refractivity contribution in [1.82, 2.24) is 9.97 Å². The molecule has 138 valence electrons. The highest BCUT2D eigenvalue weighted by Crippen LogP contribution is 2.28. The van der Waals surface area contributed by atoms with E-state index in [2.05, 4.69) is 26.8 Å². The highest BCUT2D eigenvalue weighted by atomic mass is 32.2. The second-order valence-corrected chi connectivity index (χ2v) is 7.04. The van der Waals surface area contributed by atoms with Gasteiger partial charge in [0.15, 0.2) is 17.6 Å². The van der Waals surface area contributed by atoms with Crippen molar-refractivity contribution in [2.75, 3.05) is 12.4 Å². The van der Waals surface area contributed by atoms with Gasteiger partial charge in [0.05, 0.1) is 18.4 Å². The van der Waals surface area contributed by atoms with E-state index >= 15 is 0 Å². The monoisotopic (exact) mass is 380 g/mol. The summed E-state index contributed by atoms with van der Waals surface area (Å²) in [6, 6.07) is 7.98. The van der Waals surface area contributed by atoms with Crippen molar-refractivity contribution in [3.8, 4) is 17.7 Å². The predicted octanol–water partition coefficient (Wildman–Crippen LogP) is 2.80. The molecule has 0 saturated heterocycles. The summed E-state index contributed by atoms with van der Waals surface area (Å²) >= 11 is 1.58. The lowest BCUT2D eigenvalue weighted by Crippen LogP contribution is -2.16. The van der Waals surface area contributed by atoms with Crippen LogP contribution in [0.4, 0.5) is 0 Å². The molecule has 0 saturated carbocycles. The first-order valence-corrected chi connectivity index (χ1v) is 9.57. The first-order chi connectivity index (χ1) is 13.2. The third-order valence-corrected chi connectivity index (χ3v) is 4.85. The molecule has 0 spiro atoms. The highest BCUT2D eigenvalue weighted by Gasteiger charge is 2.17. The van der Waals surface area contributed by atoms with Gasteiger partial charge >= 0.3 is 0 Å². The molecule has 0 amide bonds. The van der Waals surface area contributed by atoms with Crippen LogP contribution in [-0.4, -0.2) is 33.3 Å². The molecule has 7 heteroatoms. The van der Waals surface area contributed by atoms with Gasteiger partial charge in [0.1, 0.15) is 5.69 Å². The van der Waals surface area contributed by atoms with E-state index in [1.807, 2.05) is 24.3 Å². The number of benzene rings is 1. The van der Waals surface area contributed by atoms with Gasteiger partial charge in [0.2, 0.25) is 5.88 Å². The van der Waals surface area contributed by atoms with Crippen molar-refractivity contribution in [2.24, 2.45) is 10.7 Å². The topological polar surface area (TPSA) is 90.5 Å². The molecule has 1 aromatic heterocycles.